The minimum atomic E-state index is -1.26. The van der Waals surface area contributed by atoms with Crippen LogP contribution in [0.3, 0.4) is 0 Å². The van der Waals surface area contributed by atoms with Crippen LogP contribution in [-0.4, -0.2) is 52.3 Å². The van der Waals surface area contributed by atoms with Crippen LogP contribution in [0.4, 0.5) is 0 Å². The van der Waals surface area contributed by atoms with E-state index in [0.29, 0.717) is 18.6 Å². The Bertz CT molecular complexity index is 1160. The first kappa shape index (κ1) is 30.7. The second-order valence-corrected chi connectivity index (χ2v) is 16.0. The lowest BCUT2D eigenvalue weighted by molar-refractivity contribution is -0.206. The third-order valence-corrected chi connectivity index (χ3v) is 13.0. The molecule has 3 saturated carbocycles. The van der Waals surface area contributed by atoms with Crippen molar-refractivity contribution in [1.82, 2.24) is 0 Å². The van der Waals surface area contributed by atoms with Gasteiger partial charge in [-0.3, -0.25) is 14.4 Å². The zero-order valence-electron chi connectivity index (χ0n) is 26.9. The lowest BCUT2D eigenvalue weighted by Crippen LogP contribution is -2.65. The van der Waals surface area contributed by atoms with Crippen LogP contribution in [0.1, 0.15) is 114 Å². The van der Waals surface area contributed by atoms with Gasteiger partial charge in [-0.2, -0.15) is 0 Å². The number of aliphatic hydroxyl groups is 1. The molecule has 0 amide bonds. The number of ether oxygens (including phenoxy) is 3. The molecule has 10 atom stereocenters. The minimum Gasteiger partial charge on any atom is -0.458 e. The van der Waals surface area contributed by atoms with E-state index in [1.807, 2.05) is 0 Å². The molecule has 0 radical (unpaired) electrons. The molecule has 5 aliphatic rings. The van der Waals surface area contributed by atoms with Gasteiger partial charge in [0.15, 0.2) is 6.10 Å². The van der Waals surface area contributed by atoms with E-state index in [-0.39, 0.29) is 40.0 Å². The van der Waals surface area contributed by atoms with Crippen molar-refractivity contribution in [3.63, 3.8) is 0 Å². The van der Waals surface area contributed by atoms with Gasteiger partial charge in [0.2, 0.25) is 0 Å². The number of carbonyl (C=O) groups excluding carboxylic acids is 3. The Morgan fingerprint density at radius 3 is 2.29 bits per heavy atom. The molecule has 4 aliphatic carbocycles. The fraction of sp³-hybridized carbons (Fsp3) is 0.853. The summed E-state index contributed by atoms with van der Waals surface area (Å²) in [7, 11) is 0. The lowest BCUT2D eigenvalue weighted by atomic mass is 9.36. The number of carbonyl (C=O) groups is 3. The molecule has 1 heterocycles. The molecular formula is C34H52O7. The largest absolute Gasteiger partial charge is 0.458 e. The van der Waals surface area contributed by atoms with Crippen molar-refractivity contribution in [3.05, 3.63) is 11.6 Å². The predicted octanol–water partition coefficient (Wildman–Crippen LogP) is 5.95. The first-order chi connectivity index (χ1) is 18.7. The minimum absolute atomic E-state index is 0.0756. The molecule has 0 aromatic carbocycles. The Hall–Kier alpha value is -1.73. The van der Waals surface area contributed by atoms with Crippen LogP contribution in [0, 0.1) is 39.4 Å². The average molecular weight is 573 g/mol. The fourth-order valence-corrected chi connectivity index (χ4v) is 10.9. The average Bonchev–Trinajstić information content (AvgIpc) is 3.31. The highest BCUT2D eigenvalue weighted by Gasteiger charge is 2.73. The summed E-state index contributed by atoms with van der Waals surface area (Å²) < 4.78 is 18.9. The second-order valence-electron chi connectivity index (χ2n) is 16.0. The molecule has 1 aliphatic heterocycles. The summed E-state index contributed by atoms with van der Waals surface area (Å²) in [6.07, 6.45) is 6.29. The Labute approximate surface area is 246 Å². The van der Waals surface area contributed by atoms with Crippen LogP contribution in [0.25, 0.3) is 0 Å². The van der Waals surface area contributed by atoms with Gasteiger partial charge in [-0.05, 0) is 92.1 Å². The molecule has 5 rings (SSSR count). The van der Waals surface area contributed by atoms with E-state index in [1.165, 1.54) is 19.4 Å². The number of fused-ring (bicyclic) bond motifs is 6. The van der Waals surface area contributed by atoms with E-state index >= 15 is 0 Å². The van der Waals surface area contributed by atoms with Crippen molar-refractivity contribution in [2.45, 2.75) is 144 Å². The topological polar surface area (TPSA) is 99.1 Å². The van der Waals surface area contributed by atoms with Gasteiger partial charge >= 0.3 is 11.9 Å². The summed E-state index contributed by atoms with van der Waals surface area (Å²) >= 11 is 0. The van der Waals surface area contributed by atoms with Crippen LogP contribution in [0.15, 0.2) is 11.6 Å². The maximum absolute atomic E-state index is 13.1. The van der Waals surface area contributed by atoms with E-state index in [4.69, 9.17) is 14.2 Å². The molecule has 1 N–H and O–H groups in total. The number of Topliss-reactive ketones (excluding diaryl/α,β-unsaturated/α-hetero) is 1. The summed E-state index contributed by atoms with van der Waals surface area (Å²) in [5.41, 5.74) is -1.57. The zero-order chi connectivity index (χ0) is 30.6. The van der Waals surface area contributed by atoms with Gasteiger partial charge in [0.05, 0.1) is 17.3 Å². The summed E-state index contributed by atoms with van der Waals surface area (Å²) in [6.45, 7) is 19.8. The Morgan fingerprint density at radius 1 is 1.05 bits per heavy atom. The van der Waals surface area contributed by atoms with Crippen LogP contribution in [-0.2, 0) is 28.6 Å². The van der Waals surface area contributed by atoms with Crippen molar-refractivity contribution in [2.24, 2.45) is 39.4 Å². The number of hydrogen-bond donors (Lipinski definition) is 1. The number of rotatable bonds is 4. The maximum atomic E-state index is 13.1. The van der Waals surface area contributed by atoms with E-state index in [9.17, 15) is 19.5 Å². The number of hydrogen-bond acceptors (Lipinski definition) is 7. The SMILES string of the molecule is CC(=O)O[C@H]1C=C2[C@]3(CC[C@]2(C)[C@@]2(C)CC[C@H]4C(C)(C)C(=O)CC[C@]4(C)[C@H]12)O[C@H]([C@@H](OC(C)=O)C(C)(C)O)C[C@H]3C. The molecule has 0 aromatic rings. The van der Waals surface area contributed by atoms with Crippen LogP contribution in [0.2, 0.25) is 0 Å². The van der Waals surface area contributed by atoms with E-state index in [1.54, 1.807) is 13.8 Å². The van der Waals surface area contributed by atoms with Crippen molar-refractivity contribution >= 4 is 17.7 Å². The Morgan fingerprint density at radius 2 is 1.71 bits per heavy atom. The first-order valence-corrected chi connectivity index (χ1v) is 15.7. The van der Waals surface area contributed by atoms with E-state index in [2.05, 4.69) is 47.6 Å². The highest BCUT2D eigenvalue weighted by molar-refractivity contribution is 5.85. The van der Waals surface area contributed by atoms with E-state index in [0.717, 1.165) is 32.1 Å². The van der Waals surface area contributed by atoms with Crippen molar-refractivity contribution in [1.29, 1.82) is 0 Å². The summed E-state index contributed by atoms with van der Waals surface area (Å²) in [5.74, 6) is 0.0371. The van der Waals surface area contributed by atoms with Gasteiger partial charge < -0.3 is 19.3 Å². The molecule has 230 valence electrons. The van der Waals surface area contributed by atoms with Gasteiger partial charge in [-0.15, -0.1) is 0 Å². The molecule has 0 bridgehead atoms. The van der Waals surface area contributed by atoms with Crippen molar-refractivity contribution < 1.29 is 33.7 Å². The van der Waals surface area contributed by atoms with Gasteiger partial charge in [0.1, 0.15) is 11.9 Å². The Balaban J connectivity index is 1.62. The summed E-state index contributed by atoms with van der Waals surface area (Å²) in [5, 5.41) is 11.0. The third-order valence-electron chi connectivity index (χ3n) is 13.0. The second kappa shape index (κ2) is 9.38. The quantitative estimate of drug-likeness (QED) is 0.328. The van der Waals surface area contributed by atoms with Gasteiger partial charge in [0, 0.05) is 31.6 Å². The summed E-state index contributed by atoms with van der Waals surface area (Å²) in [4.78, 5) is 37.8. The lowest BCUT2D eigenvalue weighted by Gasteiger charge is -2.68. The smallest absolute Gasteiger partial charge is 0.303 e. The monoisotopic (exact) mass is 572 g/mol. The summed E-state index contributed by atoms with van der Waals surface area (Å²) in [6, 6.07) is 0. The Kier molecular flexibility index (Phi) is 7.03. The highest BCUT2D eigenvalue weighted by atomic mass is 16.6. The first-order valence-electron chi connectivity index (χ1n) is 15.7. The van der Waals surface area contributed by atoms with Gasteiger partial charge in [0.25, 0.3) is 0 Å². The molecule has 1 saturated heterocycles. The third kappa shape index (κ3) is 4.22. The van der Waals surface area contributed by atoms with Crippen molar-refractivity contribution in [2.75, 3.05) is 0 Å². The fourth-order valence-electron chi connectivity index (χ4n) is 10.9. The van der Waals surface area contributed by atoms with Crippen LogP contribution < -0.4 is 0 Å². The van der Waals surface area contributed by atoms with Crippen LogP contribution >= 0.6 is 0 Å². The van der Waals surface area contributed by atoms with Gasteiger partial charge in [-0.1, -0.05) is 41.5 Å². The molecular weight excluding hydrogens is 520 g/mol. The maximum Gasteiger partial charge on any atom is 0.303 e. The normalized spacial score (nSPS) is 45.8. The predicted molar refractivity (Wildman–Crippen MR) is 155 cm³/mol. The highest BCUT2D eigenvalue weighted by Crippen LogP contribution is 2.76. The molecule has 4 fully saturated rings. The molecule has 1 spiro atoms. The standard InChI is InChI=1S/C34H52O7/c1-19-17-23(28(30(6,7)38)40-21(3)36)41-34(19)16-15-32(9)25(34)18-22(39-20(2)35)27-31(8)13-12-26(37)29(4,5)24(31)11-14-33(27,32)10/h18-19,22-24,27-28,38H,11-17H2,1-10H3/t19-,22+,23+,24+,27+,28-,31+,32+,33+,34-/m1/s1. The van der Waals surface area contributed by atoms with Crippen molar-refractivity contribution in [3.8, 4) is 0 Å². The zero-order valence-corrected chi connectivity index (χ0v) is 26.9. The molecule has 7 nitrogen and oxygen atoms in total. The molecule has 41 heavy (non-hydrogen) atoms. The van der Waals surface area contributed by atoms with Gasteiger partial charge in [-0.25, -0.2) is 0 Å². The molecule has 0 aromatic heterocycles. The van der Waals surface area contributed by atoms with E-state index < -0.39 is 40.9 Å². The number of esters is 2. The molecule has 0 unspecified atom stereocenters. The molecule has 7 heteroatoms. The number of ketones is 1. The van der Waals surface area contributed by atoms with Crippen LogP contribution in [0.5, 0.6) is 0 Å².